The molecule has 0 saturated heterocycles. The Morgan fingerprint density at radius 2 is 1.88 bits per heavy atom. The van der Waals surface area contributed by atoms with E-state index in [4.69, 9.17) is 0 Å². The lowest BCUT2D eigenvalue weighted by molar-refractivity contribution is 0.102. The van der Waals surface area contributed by atoms with Crippen molar-refractivity contribution in [1.82, 2.24) is 0 Å². The molecule has 0 aliphatic carbocycles. The zero-order valence-corrected chi connectivity index (χ0v) is 13.9. The average Bonchev–Trinajstić information content (AvgIpc) is 2.53. The van der Waals surface area contributed by atoms with Gasteiger partial charge in [0.25, 0.3) is 5.91 Å². The molecule has 1 aliphatic rings. The largest absolute Gasteiger partial charge is 0.322 e. The molecule has 1 aliphatic heterocycles. The zero-order chi connectivity index (χ0) is 17.3. The van der Waals surface area contributed by atoms with Crippen molar-refractivity contribution in [3.63, 3.8) is 0 Å². The molecule has 2 aromatic carbocycles. The highest BCUT2D eigenvalue weighted by molar-refractivity contribution is 7.92. The predicted molar refractivity (Wildman–Crippen MR) is 91.3 cm³/mol. The topological polar surface area (TPSA) is 66.5 Å². The van der Waals surface area contributed by atoms with Crippen LogP contribution in [0.25, 0.3) is 0 Å². The normalized spacial score (nSPS) is 14.2. The van der Waals surface area contributed by atoms with Crippen LogP contribution in [0, 0.1) is 5.82 Å². The Morgan fingerprint density at radius 3 is 2.54 bits per heavy atom. The highest BCUT2D eigenvalue weighted by atomic mass is 32.2. The van der Waals surface area contributed by atoms with Crippen molar-refractivity contribution in [3.8, 4) is 0 Å². The third-order valence-electron chi connectivity index (χ3n) is 3.92. The van der Waals surface area contributed by atoms with E-state index < -0.39 is 15.8 Å². The van der Waals surface area contributed by atoms with Gasteiger partial charge in [0.1, 0.15) is 5.82 Å². The number of fused-ring (bicyclic) bond motifs is 1. The van der Waals surface area contributed by atoms with Crippen molar-refractivity contribution in [1.29, 1.82) is 0 Å². The average molecular weight is 348 g/mol. The summed E-state index contributed by atoms with van der Waals surface area (Å²) in [7, 11) is -3.31. The van der Waals surface area contributed by atoms with Crippen molar-refractivity contribution in [2.45, 2.75) is 12.8 Å². The summed E-state index contributed by atoms with van der Waals surface area (Å²) in [6.45, 7) is 0.465. The molecule has 0 saturated carbocycles. The fourth-order valence-electron chi connectivity index (χ4n) is 2.79. The van der Waals surface area contributed by atoms with Gasteiger partial charge in [-0.1, -0.05) is 0 Å². The Labute approximate surface area is 140 Å². The minimum atomic E-state index is -3.31. The Morgan fingerprint density at radius 1 is 1.17 bits per heavy atom. The predicted octanol–water partition coefficient (Wildman–Crippen LogP) is 2.79. The first kappa shape index (κ1) is 16.4. The number of hydrogen-bond donors (Lipinski definition) is 1. The molecule has 24 heavy (non-hydrogen) atoms. The van der Waals surface area contributed by atoms with Crippen LogP contribution in [0.5, 0.6) is 0 Å². The fraction of sp³-hybridized carbons (Fsp3) is 0.235. The maximum Gasteiger partial charge on any atom is 0.255 e. The molecule has 1 N–H and O–H groups in total. The van der Waals surface area contributed by atoms with Crippen LogP contribution in [0.1, 0.15) is 22.3 Å². The maximum atomic E-state index is 12.9. The maximum absolute atomic E-state index is 12.9. The second-order valence-electron chi connectivity index (χ2n) is 5.74. The molecule has 1 amide bonds. The Kier molecular flexibility index (Phi) is 4.28. The van der Waals surface area contributed by atoms with E-state index in [9.17, 15) is 17.6 Å². The van der Waals surface area contributed by atoms with Crippen molar-refractivity contribution in [2.24, 2.45) is 0 Å². The third kappa shape index (κ3) is 3.41. The third-order valence-corrected chi connectivity index (χ3v) is 5.10. The summed E-state index contributed by atoms with van der Waals surface area (Å²) in [4.78, 5) is 12.2. The van der Waals surface area contributed by atoms with Gasteiger partial charge < -0.3 is 5.32 Å². The molecule has 0 bridgehead atoms. The van der Waals surface area contributed by atoms with Crippen LogP contribution in [0.4, 0.5) is 15.8 Å². The summed E-state index contributed by atoms with van der Waals surface area (Å²) in [5.74, 6) is -0.744. The fourth-order valence-corrected chi connectivity index (χ4v) is 3.79. The summed E-state index contributed by atoms with van der Waals surface area (Å²) < 4.78 is 38.0. The molecule has 2 aromatic rings. The van der Waals surface area contributed by atoms with Crippen LogP contribution in [0.3, 0.4) is 0 Å². The lowest BCUT2D eigenvalue weighted by Gasteiger charge is -2.29. The lowest BCUT2D eigenvalue weighted by atomic mass is 10.0. The zero-order valence-electron chi connectivity index (χ0n) is 13.1. The number of nitrogens with one attached hydrogen (secondary N) is 1. The van der Waals surface area contributed by atoms with E-state index in [0.29, 0.717) is 23.5 Å². The molecule has 0 fully saturated rings. The Balaban J connectivity index is 1.84. The first-order chi connectivity index (χ1) is 11.3. The minimum absolute atomic E-state index is 0.342. The number of halogens is 1. The van der Waals surface area contributed by atoms with Gasteiger partial charge in [-0.2, -0.15) is 0 Å². The van der Waals surface area contributed by atoms with Crippen LogP contribution in [-0.4, -0.2) is 27.1 Å². The van der Waals surface area contributed by atoms with Gasteiger partial charge in [0.2, 0.25) is 10.0 Å². The van der Waals surface area contributed by atoms with Crippen molar-refractivity contribution in [2.75, 3.05) is 22.4 Å². The van der Waals surface area contributed by atoms with Gasteiger partial charge in [0.05, 0.1) is 11.9 Å². The molecule has 126 valence electrons. The van der Waals surface area contributed by atoms with Gasteiger partial charge in [0.15, 0.2) is 0 Å². The number of hydrogen-bond acceptors (Lipinski definition) is 3. The number of sulfonamides is 1. The number of carbonyl (C=O) groups excluding carboxylic acids is 1. The smallest absolute Gasteiger partial charge is 0.255 e. The van der Waals surface area contributed by atoms with E-state index in [2.05, 4.69) is 5.32 Å². The number of rotatable bonds is 3. The van der Waals surface area contributed by atoms with E-state index in [1.807, 2.05) is 0 Å². The number of carbonyl (C=O) groups is 1. The van der Waals surface area contributed by atoms with E-state index in [1.54, 1.807) is 18.2 Å². The van der Waals surface area contributed by atoms with Crippen LogP contribution in [0.15, 0.2) is 42.5 Å². The standard InChI is InChI=1S/C17H17FN2O3S/c1-24(22,23)20-10-2-3-13-11-15(8-9-16(13)20)19-17(21)12-4-6-14(18)7-5-12/h4-9,11H,2-3,10H2,1H3,(H,19,21). The SMILES string of the molecule is CS(=O)(=O)N1CCCc2cc(NC(=O)c3ccc(F)cc3)ccc21. The summed E-state index contributed by atoms with van der Waals surface area (Å²) >= 11 is 0. The molecule has 3 rings (SSSR count). The van der Waals surface area contributed by atoms with E-state index in [-0.39, 0.29) is 5.91 Å². The molecule has 0 unspecified atom stereocenters. The van der Waals surface area contributed by atoms with Crippen LogP contribution in [0.2, 0.25) is 0 Å². The Bertz CT molecular complexity index is 879. The number of nitrogens with zero attached hydrogens (tertiary/aromatic N) is 1. The monoisotopic (exact) mass is 348 g/mol. The van der Waals surface area contributed by atoms with E-state index in [1.165, 1.54) is 34.8 Å². The van der Waals surface area contributed by atoms with Gasteiger partial charge in [-0.3, -0.25) is 9.10 Å². The van der Waals surface area contributed by atoms with Crippen LogP contribution < -0.4 is 9.62 Å². The van der Waals surface area contributed by atoms with Gasteiger partial charge in [-0.15, -0.1) is 0 Å². The van der Waals surface area contributed by atoms with Crippen molar-refractivity contribution in [3.05, 3.63) is 59.4 Å². The van der Waals surface area contributed by atoms with Crippen molar-refractivity contribution >= 4 is 27.3 Å². The minimum Gasteiger partial charge on any atom is -0.322 e. The number of benzene rings is 2. The molecular weight excluding hydrogens is 331 g/mol. The van der Waals surface area contributed by atoms with Gasteiger partial charge in [-0.05, 0) is 60.9 Å². The van der Waals surface area contributed by atoms with Gasteiger partial charge in [0, 0.05) is 17.8 Å². The summed E-state index contributed by atoms with van der Waals surface area (Å²) in [6.07, 6.45) is 2.67. The highest BCUT2D eigenvalue weighted by Crippen LogP contribution is 2.31. The molecule has 0 atom stereocenters. The van der Waals surface area contributed by atoms with E-state index in [0.717, 1.165) is 18.4 Å². The highest BCUT2D eigenvalue weighted by Gasteiger charge is 2.24. The molecule has 1 heterocycles. The summed E-state index contributed by atoms with van der Waals surface area (Å²) in [5.41, 5.74) is 2.47. The number of anilines is 2. The van der Waals surface area contributed by atoms with Crippen LogP contribution >= 0.6 is 0 Å². The first-order valence-corrected chi connectivity index (χ1v) is 9.37. The molecule has 0 radical (unpaired) electrons. The second-order valence-corrected chi connectivity index (χ2v) is 7.65. The lowest BCUT2D eigenvalue weighted by Crippen LogP contribution is -2.34. The van der Waals surface area contributed by atoms with Gasteiger partial charge >= 0.3 is 0 Å². The first-order valence-electron chi connectivity index (χ1n) is 7.52. The van der Waals surface area contributed by atoms with E-state index >= 15 is 0 Å². The van der Waals surface area contributed by atoms with Gasteiger partial charge in [-0.25, -0.2) is 12.8 Å². The van der Waals surface area contributed by atoms with Crippen molar-refractivity contribution < 1.29 is 17.6 Å². The molecule has 5 nitrogen and oxygen atoms in total. The number of amides is 1. The molecular formula is C17H17FN2O3S. The Hall–Kier alpha value is -2.41. The van der Waals surface area contributed by atoms with Crippen LogP contribution in [-0.2, 0) is 16.4 Å². The molecule has 7 heteroatoms. The summed E-state index contributed by atoms with van der Waals surface area (Å²) in [6, 6.07) is 10.4. The molecule has 0 spiro atoms. The quantitative estimate of drug-likeness (QED) is 0.927. The second kappa shape index (κ2) is 6.24. The number of aryl methyl sites for hydroxylation is 1. The summed E-state index contributed by atoms with van der Waals surface area (Å²) in [5, 5.41) is 2.75. The molecule has 0 aromatic heterocycles.